The number of hydrogen-bond acceptors (Lipinski definition) is 4. The molecule has 0 unspecified atom stereocenters. The van der Waals surface area contributed by atoms with Gasteiger partial charge in [0.1, 0.15) is 4.21 Å². The van der Waals surface area contributed by atoms with Crippen LogP contribution in [0, 0.1) is 0 Å². The lowest BCUT2D eigenvalue weighted by molar-refractivity contribution is 0.0954. The normalized spacial score (nSPS) is 11.3. The summed E-state index contributed by atoms with van der Waals surface area (Å²) in [6, 6.07) is 1.28. The SMILES string of the molecule is CCCNC(=O)c1csc(S(N)(=O)=O)c1. The second-order valence-electron chi connectivity index (χ2n) is 2.96. The van der Waals surface area contributed by atoms with E-state index in [1.54, 1.807) is 0 Å². The molecule has 1 aromatic heterocycles. The van der Waals surface area contributed by atoms with Gasteiger partial charge in [0.25, 0.3) is 5.91 Å². The Bertz CT molecular complexity index is 450. The molecule has 0 aliphatic carbocycles. The van der Waals surface area contributed by atoms with Gasteiger partial charge in [-0.3, -0.25) is 4.79 Å². The monoisotopic (exact) mass is 248 g/mol. The van der Waals surface area contributed by atoms with Crippen molar-refractivity contribution in [3.8, 4) is 0 Å². The second kappa shape index (κ2) is 4.73. The molecular weight excluding hydrogens is 236 g/mol. The molecule has 7 heteroatoms. The smallest absolute Gasteiger partial charge is 0.252 e. The molecule has 0 spiro atoms. The van der Waals surface area contributed by atoms with Crippen LogP contribution in [0.5, 0.6) is 0 Å². The molecule has 0 bridgehead atoms. The molecule has 0 atom stereocenters. The zero-order chi connectivity index (χ0) is 11.5. The van der Waals surface area contributed by atoms with Gasteiger partial charge in [0.2, 0.25) is 10.0 Å². The van der Waals surface area contributed by atoms with Crippen molar-refractivity contribution in [3.05, 3.63) is 17.0 Å². The summed E-state index contributed by atoms with van der Waals surface area (Å²) in [4.78, 5) is 11.4. The van der Waals surface area contributed by atoms with Crippen LogP contribution in [0.25, 0.3) is 0 Å². The molecule has 0 aliphatic rings. The van der Waals surface area contributed by atoms with Crippen molar-refractivity contribution >= 4 is 27.3 Å². The zero-order valence-corrected chi connectivity index (χ0v) is 9.82. The number of thiophene rings is 1. The Morgan fingerprint density at radius 1 is 1.60 bits per heavy atom. The van der Waals surface area contributed by atoms with Crippen LogP contribution in [0.15, 0.2) is 15.7 Å². The van der Waals surface area contributed by atoms with Gasteiger partial charge in [-0.05, 0) is 12.5 Å². The molecule has 3 N–H and O–H groups in total. The predicted molar refractivity (Wildman–Crippen MR) is 58.3 cm³/mol. The van der Waals surface area contributed by atoms with E-state index < -0.39 is 10.0 Å². The zero-order valence-electron chi connectivity index (χ0n) is 8.19. The number of primary sulfonamides is 1. The highest BCUT2D eigenvalue weighted by Crippen LogP contribution is 2.18. The average molecular weight is 248 g/mol. The van der Waals surface area contributed by atoms with Crippen molar-refractivity contribution < 1.29 is 13.2 Å². The van der Waals surface area contributed by atoms with Crippen LogP contribution >= 0.6 is 11.3 Å². The number of rotatable bonds is 4. The Balaban J connectivity index is 2.81. The maximum Gasteiger partial charge on any atom is 0.252 e. The van der Waals surface area contributed by atoms with E-state index in [-0.39, 0.29) is 10.1 Å². The average Bonchev–Trinajstić information content (AvgIpc) is 2.62. The number of sulfonamides is 1. The van der Waals surface area contributed by atoms with Gasteiger partial charge in [-0.25, -0.2) is 13.6 Å². The first kappa shape index (κ1) is 12.2. The summed E-state index contributed by atoms with van der Waals surface area (Å²) in [5, 5.41) is 9.04. The second-order valence-corrected chi connectivity index (χ2v) is 5.65. The Kier molecular flexibility index (Phi) is 3.83. The summed E-state index contributed by atoms with van der Waals surface area (Å²) in [5.41, 5.74) is 0.331. The molecule has 1 rings (SSSR count). The number of nitrogens with one attached hydrogen (secondary N) is 1. The van der Waals surface area contributed by atoms with E-state index in [2.05, 4.69) is 5.32 Å². The minimum absolute atomic E-state index is 0.00384. The third-order valence-corrected chi connectivity index (χ3v) is 4.04. The molecule has 1 amide bonds. The van der Waals surface area contributed by atoms with Crippen LogP contribution in [0.2, 0.25) is 0 Å². The summed E-state index contributed by atoms with van der Waals surface area (Å²) in [7, 11) is -3.70. The van der Waals surface area contributed by atoms with Gasteiger partial charge in [-0.15, -0.1) is 11.3 Å². The number of hydrogen-bond donors (Lipinski definition) is 2. The summed E-state index contributed by atoms with van der Waals surface area (Å²) in [6.07, 6.45) is 0.831. The Hall–Kier alpha value is -0.920. The third-order valence-electron chi connectivity index (χ3n) is 1.65. The van der Waals surface area contributed by atoms with E-state index >= 15 is 0 Å². The van der Waals surface area contributed by atoms with Gasteiger partial charge in [0.05, 0.1) is 5.56 Å². The molecule has 5 nitrogen and oxygen atoms in total. The molecule has 0 saturated heterocycles. The summed E-state index contributed by atoms with van der Waals surface area (Å²) >= 11 is 0.944. The summed E-state index contributed by atoms with van der Waals surface area (Å²) in [6.45, 7) is 2.50. The van der Waals surface area contributed by atoms with Crippen LogP contribution in [0.1, 0.15) is 23.7 Å². The lowest BCUT2D eigenvalue weighted by atomic mass is 10.3. The fraction of sp³-hybridized carbons (Fsp3) is 0.375. The number of nitrogens with two attached hydrogens (primary N) is 1. The van der Waals surface area contributed by atoms with Crippen molar-refractivity contribution in [1.29, 1.82) is 0 Å². The minimum atomic E-state index is -3.70. The molecule has 1 aromatic rings. The molecule has 0 radical (unpaired) electrons. The molecule has 84 valence electrons. The number of carbonyl (C=O) groups excluding carboxylic acids is 1. The van der Waals surface area contributed by atoms with Crippen LogP contribution in [-0.2, 0) is 10.0 Å². The first-order chi connectivity index (χ1) is 6.95. The highest BCUT2D eigenvalue weighted by molar-refractivity contribution is 7.91. The first-order valence-corrected chi connectivity index (χ1v) is 6.77. The lowest BCUT2D eigenvalue weighted by Gasteiger charge is -1.99. The molecule has 0 fully saturated rings. The van der Waals surface area contributed by atoms with Crippen LogP contribution in [0.4, 0.5) is 0 Å². The summed E-state index contributed by atoms with van der Waals surface area (Å²) < 4.78 is 21.9. The standard InChI is InChI=1S/C8H12N2O3S2/c1-2-3-10-8(11)6-4-7(14-5-6)15(9,12)13/h4-5H,2-3H2,1H3,(H,10,11)(H2,9,12,13). The van der Waals surface area contributed by atoms with Crippen molar-refractivity contribution in [3.63, 3.8) is 0 Å². The van der Waals surface area contributed by atoms with E-state index in [0.29, 0.717) is 12.1 Å². The maximum absolute atomic E-state index is 11.4. The molecular formula is C8H12N2O3S2. The maximum atomic E-state index is 11.4. The van der Waals surface area contributed by atoms with Gasteiger partial charge < -0.3 is 5.32 Å². The van der Waals surface area contributed by atoms with Crippen LogP contribution < -0.4 is 10.5 Å². The van der Waals surface area contributed by atoms with Crippen molar-refractivity contribution in [2.24, 2.45) is 5.14 Å². The Morgan fingerprint density at radius 2 is 2.27 bits per heavy atom. The van der Waals surface area contributed by atoms with E-state index in [0.717, 1.165) is 17.8 Å². The molecule has 1 heterocycles. The summed E-state index contributed by atoms with van der Waals surface area (Å²) in [5.74, 6) is -0.275. The van der Waals surface area contributed by atoms with E-state index in [1.807, 2.05) is 6.92 Å². The number of amides is 1. The molecule has 0 aliphatic heterocycles. The third kappa shape index (κ3) is 3.29. The fourth-order valence-corrected chi connectivity index (χ4v) is 2.51. The van der Waals surface area contributed by atoms with E-state index in [4.69, 9.17) is 5.14 Å². The van der Waals surface area contributed by atoms with E-state index in [9.17, 15) is 13.2 Å². The highest BCUT2D eigenvalue weighted by Gasteiger charge is 2.14. The Labute approximate surface area is 92.3 Å². The molecule has 0 saturated carbocycles. The minimum Gasteiger partial charge on any atom is -0.352 e. The predicted octanol–water partition coefficient (Wildman–Crippen LogP) is 0.535. The fourth-order valence-electron chi connectivity index (χ4n) is 0.925. The van der Waals surface area contributed by atoms with Crippen molar-refractivity contribution in [2.45, 2.75) is 17.6 Å². The quantitative estimate of drug-likeness (QED) is 0.814. The van der Waals surface area contributed by atoms with Gasteiger partial charge in [0, 0.05) is 11.9 Å². The number of carbonyl (C=O) groups is 1. The van der Waals surface area contributed by atoms with Crippen molar-refractivity contribution in [1.82, 2.24) is 5.32 Å². The molecule has 15 heavy (non-hydrogen) atoms. The highest BCUT2D eigenvalue weighted by atomic mass is 32.2. The Morgan fingerprint density at radius 3 is 2.73 bits per heavy atom. The van der Waals surface area contributed by atoms with Crippen molar-refractivity contribution in [2.75, 3.05) is 6.54 Å². The van der Waals surface area contributed by atoms with E-state index in [1.165, 1.54) is 11.4 Å². The van der Waals surface area contributed by atoms with Gasteiger partial charge in [-0.1, -0.05) is 6.92 Å². The molecule has 0 aromatic carbocycles. The lowest BCUT2D eigenvalue weighted by Crippen LogP contribution is -2.23. The topological polar surface area (TPSA) is 89.3 Å². The van der Waals surface area contributed by atoms with Crippen LogP contribution in [0.3, 0.4) is 0 Å². The van der Waals surface area contributed by atoms with Gasteiger partial charge in [0.15, 0.2) is 0 Å². The van der Waals surface area contributed by atoms with Gasteiger partial charge in [-0.2, -0.15) is 0 Å². The van der Waals surface area contributed by atoms with Crippen LogP contribution in [-0.4, -0.2) is 20.9 Å². The first-order valence-electron chi connectivity index (χ1n) is 4.34. The van der Waals surface area contributed by atoms with Gasteiger partial charge >= 0.3 is 0 Å². The largest absolute Gasteiger partial charge is 0.352 e.